The van der Waals surface area contributed by atoms with Gasteiger partial charge < -0.3 is 18.6 Å². The van der Waals surface area contributed by atoms with Gasteiger partial charge in [0.25, 0.3) is 11.8 Å². The molecule has 0 fully saturated rings. The summed E-state index contributed by atoms with van der Waals surface area (Å²) in [5.74, 6) is -0.942. The third-order valence-corrected chi connectivity index (χ3v) is 5.04. The van der Waals surface area contributed by atoms with E-state index in [9.17, 15) is 19.2 Å². The second kappa shape index (κ2) is 10.4. The van der Waals surface area contributed by atoms with Gasteiger partial charge in [-0.05, 0) is 55.3 Å². The predicted octanol–water partition coefficient (Wildman–Crippen LogP) is 2.55. The number of rotatable bonds is 8. The first-order valence-electron chi connectivity index (χ1n) is 10.1. The highest BCUT2D eigenvalue weighted by Gasteiger charge is 2.16. The van der Waals surface area contributed by atoms with E-state index < -0.39 is 30.0 Å². The number of esters is 1. The van der Waals surface area contributed by atoms with Crippen LogP contribution in [-0.2, 0) is 20.7 Å². The van der Waals surface area contributed by atoms with Crippen LogP contribution in [0, 0.1) is 6.92 Å². The Morgan fingerprint density at radius 3 is 2.30 bits per heavy atom. The van der Waals surface area contributed by atoms with Crippen molar-refractivity contribution in [1.29, 1.82) is 0 Å². The molecule has 3 aromatic rings. The normalized spacial score (nSPS) is 10.5. The molecule has 0 saturated carbocycles. The van der Waals surface area contributed by atoms with Crippen molar-refractivity contribution in [2.45, 2.75) is 19.8 Å². The van der Waals surface area contributed by atoms with Crippen molar-refractivity contribution in [2.24, 2.45) is 0 Å². The molecule has 172 valence electrons. The van der Waals surface area contributed by atoms with Crippen molar-refractivity contribution in [1.82, 2.24) is 5.32 Å². The van der Waals surface area contributed by atoms with Gasteiger partial charge in [0, 0.05) is 29.0 Å². The zero-order valence-corrected chi connectivity index (χ0v) is 18.4. The summed E-state index contributed by atoms with van der Waals surface area (Å²) in [5, 5.41) is 2.87. The summed E-state index contributed by atoms with van der Waals surface area (Å²) in [6, 6.07) is 11.3. The molecular weight excluding hydrogens is 430 g/mol. The fraction of sp³-hybridized carbons (Fsp3) is 0.250. The Bertz CT molecular complexity index is 1240. The fourth-order valence-corrected chi connectivity index (χ4v) is 3.21. The lowest BCUT2D eigenvalue weighted by Crippen LogP contribution is -2.34. The molecule has 2 aromatic carbocycles. The van der Waals surface area contributed by atoms with E-state index in [0.717, 1.165) is 5.39 Å². The van der Waals surface area contributed by atoms with E-state index in [1.807, 2.05) is 0 Å². The highest BCUT2D eigenvalue weighted by Crippen LogP contribution is 2.24. The summed E-state index contributed by atoms with van der Waals surface area (Å²) in [5.41, 5.74) is 1.14. The van der Waals surface area contributed by atoms with Gasteiger partial charge in [-0.1, -0.05) is 0 Å². The van der Waals surface area contributed by atoms with E-state index in [2.05, 4.69) is 5.32 Å². The van der Waals surface area contributed by atoms with Crippen molar-refractivity contribution in [2.75, 3.05) is 20.8 Å². The molecule has 1 aromatic heterocycles. The first kappa shape index (κ1) is 23.5. The molecule has 0 aliphatic carbocycles. The number of amides is 2. The van der Waals surface area contributed by atoms with Crippen molar-refractivity contribution in [3.8, 4) is 11.5 Å². The number of hydrogen-bond donors (Lipinski definition) is 1. The van der Waals surface area contributed by atoms with Gasteiger partial charge in [0.15, 0.2) is 6.61 Å². The van der Waals surface area contributed by atoms with E-state index >= 15 is 0 Å². The largest absolute Gasteiger partial charge is 0.497 e. The van der Waals surface area contributed by atoms with E-state index in [1.54, 1.807) is 37.3 Å². The second-order valence-electron chi connectivity index (χ2n) is 7.12. The molecule has 1 N–H and O–H groups in total. The van der Waals surface area contributed by atoms with Crippen LogP contribution in [-0.4, -0.2) is 38.6 Å². The number of carbonyl (C=O) groups excluding carboxylic acids is 3. The van der Waals surface area contributed by atoms with Crippen molar-refractivity contribution in [3.63, 3.8) is 0 Å². The zero-order valence-electron chi connectivity index (χ0n) is 18.4. The molecule has 9 heteroatoms. The molecule has 1 heterocycles. The fourth-order valence-electron chi connectivity index (χ4n) is 3.21. The monoisotopic (exact) mass is 453 g/mol. The Labute approximate surface area is 189 Å². The Morgan fingerprint density at radius 2 is 1.64 bits per heavy atom. The molecule has 0 bridgehead atoms. The first-order chi connectivity index (χ1) is 15.8. The Kier molecular flexibility index (Phi) is 7.45. The Balaban J connectivity index is 1.53. The molecule has 0 unspecified atom stereocenters. The average Bonchev–Trinajstić information content (AvgIpc) is 2.82. The highest BCUT2D eigenvalue weighted by atomic mass is 16.5. The molecule has 33 heavy (non-hydrogen) atoms. The van der Waals surface area contributed by atoms with Crippen molar-refractivity contribution in [3.05, 3.63) is 69.6 Å². The maximum Gasteiger partial charge on any atom is 0.339 e. The molecule has 0 saturated heterocycles. The van der Waals surface area contributed by atoms with Crippen molar-refractivity contribution >= 4 is 28.8 Å². The molecule has 3 rings (SSSR count). The average molecular weight is 453 g/mol. The van der Waals surface area contributed by atoms with Gasteiger partial charge in [-0.15, -0.1) is 0 Å². The molecule has 0 atom stereocenters. The van der Waals surface area contributed by atoms with Gasteiger partial charge in [0.2, 0.25) is 0 Å². The van der Waals surface area contributed by atoms with Gasteiger partial charge in [-0.2, -0.15) is 0 Å². The van der Waals surface area contributed by atoms with Crippen molar-refractivity contribution < 1.29 is 33.0 Å². The number of fused-ring (bicyclic) bond motifs is 1. The van der Waals surface area contributed by atoms with Crippen LogP contribution in [0.1, 0.15) is 27.9 Å². The molecule has 2 amide bonds. The number of aryl methyl sites for hydroxylation is 1. The second-order valence-corrected chi connectivity index (χ2v) is 7.12. The Hall–Kier alpha value is -4.14. The minimum absolute atomic E-state index is 0.0847. The zero-order chi connectivity index (χ0) is 24.0. The molecular formula is C24H23NO8. The SMILES string of the molecule is COc1ccc(C(=O)NC(=O)COC(=O)CCc2c(C)c3ccc(OC)cc3oc2=O)cc1. The summed E-state index contributed by atoms with van der Waals surface area (Å²) < 4.78 is 20.4. The maximum atomic E-state index is 12.4. The maximum absolute atomic E-state index is 12.4. The molecule has 0 aliphatic rings. The summed E-state index contributed by atoms with van der Waals surface area (Å²) >= 11 is 0. The number of hydrogen-bond acceptors (Lipinski definition) is 8. The lowest BCUT2D eigenvalue weighted by atomic mass is 10.0. The topological polar surface area (TPSA) is 121 Å². The standard InChI is InChI=1S/C24H23NO8/c1-14-18-9-8-17(31-3)12-20(18)33-24(29)19(14)10-11-22(27)32-13-21(26)25-23(28)15-4-6-16(30-2)7-5-15/h4-9,12H,10-11,13H2,1-3H3,(H,25,26,28). The minimum atomic E-state index is -0.764. The van der Waals surface area contributed by atoms with Crippen LogP contribution in [0.15, 0.2) is 51.7 Å². The molecule has 0 aliphatic heterocycles. The summed E-state index contributed by atoms with van der Waals surface area (Å²) in [4.78, 5) is 48.4. The van der Waals surface area contributed by atoms with Gasteiger partial charge in [-0.3, -0.25) is 19.7 Å². The number of imide groups is 1. The summed E-state index contributed by atoms with van der Waals surface area (Å²) in [6.07, 6.45) is -0.0473. The number of benzene rings is 2. The minimum Gasteiger partial charge on any atom is -0.497 e. The van der Waals surface area contributed by atoms with E-state index in [1.165, 1.54) is 26.4 Å². The van der Waals surface area contributed by atoms with E-state index in [0.29, 0.717) is 28.2 Å². The van der Waals surface area contributed by atoms with Gasteiger partial charge in [0.05, 0.1) is 14.2 Å². The number of carbonyl (C=O) groups is 3. The Morgan fingerprint density at radius 1 is 0.970 bits per heavy atom. The molecule has 0 radical (unpaired) electrons. The van der Waals surface area contributed by atoms with Crippen LogP contribution in [0.4, 0.5) is 0 Å². The molecule has 0 spiro atoms. The van der Waals surface area contributed by atoms with Crippen LogP contribution in [0.3, 0.4) is 0 Å². The lowest BCUT2D eigenvalue weighted by Gasteiger charge is -2.09. The quantitative estimate of drug-likeness (QED) is 0.408. The van der Waals surface area contributed by atoms with Gasteiger partial charge >= 0.3 is 11.6 Å². The summed E-state index contributed by atoms with van der Waals surface area (Å²) in [6.45, 7) is 1.15. The number of methoxy groups -OCH3 is 2. The van der Waals surface area contributed by atoms with Crippen LogP contribution in [0.2, 0.25) is 0 Å². The number of ether oxygens (including phenoxy) is 3. The third-order valence-electron chi connectivity index (χ3n) is 5.04. The van der Waals surface area contributed by atoms with Gasteiger partial charge in [0.1, 0.15) is 17.1 Å². The third kappa shape index (κ3) is 5.76. The van der Waals surface area contributed by atoms with E-state index in [-0.39, 0.29) is 18.4 Å². The van der Waals surface area contributed by atoms with Crippen LogP contribution in [0.25, 0.3) is 11.0 Å². The molecule has 9 nitrogen and oxygen atoms in total. The number of nitrogens with one attached hydrogen (secondary N) is 1. The summed E-state index contributed by atoms with van der Waals surface area (Å²) in [7, 11) is 3.01. The van der Waals surface area contributed by atoms with Crippen LogP contribution in [0.5, 0.6) is 11.5 Å². The predicted molar refractivity (Wildman–Crippen MR) is 119 cm³/mol. The lowest BCUT2D eigenvalue weighted by molar-refractivity contribution is -0.148. The van der Waals surface area contributed by atoms with Crippen LogP contribution >= 0.6 is 0 Å². The first-order valence-corrected chi connectivity index (χ1v) is 10.1. The van der Waals surface area contributed by atoms with Crippen LogP contribution < -0.4 is 20.4 Å². The van der Waals surface area contributed by atoms with Gasteiger partial charge in [-0.25, -0.2) is 4.79 Å². The van der Waals surface area contributed by atoms with E-state index in [4.69, 9.17) is 18.6 Å². The highest BCUT2D eigenvalue weighted by molar-refractivity contribution is 6.05. The smallest absolute Gasteiger partial charge is 0.339 e.